The highest BCUT2D eigenvalue weighted by atomic mass is 16.2. The average molecular weight is 348 g/mol. The third kappa shape index (κ3) is 2.68. The van der Waals surface area contributed by atoms with Gasteiger partial charge in [0.25, 0.3) is 11.5 Å². The van der Waals surface area contributed by atoms with Gasteiger partial charge in [-0.05, 0) is 74.0 Å². The quantitative estimate of drug-likeness (QED) is 0.887. The van der Waals surface area contributed by atoms with E-state index in [2.05, 4.69) is 10.3 Å². The fourth-order valence-corrected chi connectivity index (χ4v) is 6.01. The van der Waals surface area contributed by atoms with Crippen LogP contribution < -0.4 is 10.9 Å². The van der Waals surface area contributed by atoms with Gasteiger partial charge >= 0.3 is 0 Å². The normalized spacial score (nSPS) is 31.8. The summed E-state index contributed by atoms with van der Waals surface area (Å²) in [5, 5.41) is 3.28. The summed E-state index contributed by atoms with van der Waals surface area (Å²) in [7, 11) is 0. The molecule has 4 fully saturated rings. The number of aromatic amines is 1. The number of hydrogen-bond acceptors (Lipinski definition) is 2. The van der Waals surface area contributed by atoms with Crippen LogP contribution >= 0.6 is 0 Å². The molecule has 2 aromatic rings. The van der Waals surface area contributed by atoms with Crippen LogP contribution in [-0.4, -0.2) is 16.4 Å². The fraction of sp³-hybridized carbons (Fsp3) is 0.455. The van der Waals surface area contributed by atoms with Crippen molar-refractivity contribution in [2.45, 2.75) is 44.1 Å². The number of carbonyl (C=O) groups excluding carboxylic acids is 1. The van der Waals surface area contributed by atoms with Crippen molar-refractivity contribution in [1.29, 1.82) is 0 Å². The molecule has 0 radical (unpaired) electrons. The second-order valence-electron chi connectivity index (χ2n) is 8.63. The molecule has 1 amide bonds. The number of nitrogens with one attached hydrogen (secondary N) is 2. The Morgan fingerprint density at radius 3 is 2.12 bits per heavy atom. The van der Waals surface area contributed by atoms with E-state index in [9.17, 15) is 9.59 Å². The first-order chi connectivity index (χ1) is 12.6. The highest BCUT2D eigenvalue weighted by Crippen LogP contribution is 2.55. The van der Waals surface area contributed by atoms with Crippen molar-refractivity contribution in [2.75, 3.05) is 0 Å². The van der Waals surface area contributed by atoms with Crippen molar-refractivity contribution in [1.82, 2.24) is 10.3 Å². The molecule has 1 heterocycles. The highest BCUT2D eigenvalue weighted by molar-refractivity contribution is 5.94. The van der Waals surface area contributed by atoms with E-state index in [4.69, 9.17) is 0 Å². The standard InChI is InChI=1S/C22H24N2O2/c25-20-18(6-7-19(23-20)17-4-2-1-3-5-17)21(26)24-22-11-14-8-15(12-22)10-16(9-14)13-22/h1-7,14-16H,8-13H2,(H,23,25)(H,24,26). The SMILES string of the molecule is O=C(NC12CC3CC(CC(C3)C1)C2)c1ccc(-c2ccccc2)[nH]c1=O. The van der Waals surface area contributed by atoms with E-state index < -0.39 is 0 Å². The van der Waals surface area contributed by atoms with E-state index in [-0.39, 0.29) is 22.6 Å². The Labute approximate surface area is 153 Å². The van der Waals surface area contributed by atoms with Crippen LogP contribution in [0.2, 0.25) is 0 Å². The lowest BCUT2D eigenvalue weighted by Crippen LogP contribution is -2.60. The molecule has 0 saturated heterocycles. The minimum absolute atomic E-state index is 0.0730. The number of rotatable bonds is 3. The Morgan fingerprint density at radius 2 is 1.54 bits per heavy atom. The van der Waals surface area contributed by atoms with E-state index in [0.717, 1.165) is 48.3 Å². The molecule has 4 saturated carbocycles. The smallest absolute Gasteiger partial charge is 0.261 e. The van der Waals surface area contributed by atoms with Crippen LogP contribution in [0, 0.1) is 17.8 Å². The topological polar surface area (TPSA) is 62.0 Å². The molecule has 4 aliphatic carbocycles. The molecule has 0 unspecified atom stereocenters. The van der Waals surface area contributed by atoms with Gasteiger partial charge in [-0.1, -0.05) is 30.3 Å². The predicted octanol–water partition coefficient (Wildman–Crippen LogP) is 3.74. The van der Waals surface area contributed by atoms with Crippen LogP contribution in [0.1, 0.15) is 48.9 Å². The van der Waals surface area contributed by atoms with Gasteiger partial charge in [0.1, 0.15) is 5.56 Å². The molecule has 0 atom stereocenters. The van der Waals surface area contributed by atoms with Gasteiger partial charge in [0.2, 0.25) is 0 Å². The lowest BCUT2D eigenvalue weighted by atomic mass is 9.53. The molecule has 1 aromatic carbocycles. The minimum atomic E-state index is -0.311. The van der Waals surface area contributed by atoms with Gasteiger partial charge in [-0.15, -0.1) is 0 Å². The van der Waals surface area contributed by atoms with Crippen molar-refractivity contribution in [2.24, 2.45) is 17.8 Å². The van der Waals surface area contributed by atoms with Crippen LogP contribution in [0.4, 0.5) is 0 Å². The molecule has 4 bridgehead atoms. The molecule has 4 heteroatoms. The van der Waals surface area contributed by atoms with Gasteiger partial charge in [-0.2, -0.15) is 0 Å². The molecular weight excluding hydrogens is 324 g/mol. The summed E-state index contributed by atoms with van der Waals surface area (Å²) >= 11 is 0. The van der Waals surface area contributed by atoms with Crippen LogP contribution in [0.15, 0.2) is 47.3 Å². The lowest BCUT2D eigenvalue weighted by molar-refractivity contribution is -0.0167. The first-order valence-electron chi connectivity index (χ1n) is 9.71. The molecule has 1 aromatic heterocycles. The number of aromatic nitrogens is 1. The van der Waals surface area contributed by atoms with Crippen LogP contribution in [0.3, 0.4) is 0 Å². The Kier molecular flexibility index (Phi) is 3.56. The molecule has 0 aliphatic heterocycles. The number of pyridine rings is 1. The first-order valence-corrected chi connectivity index (χ1v) is 9.71. The number of amides is 1. The Bertz CT molecular complexity index is 865. The van der Waals surface area contributed by atoms with Gasteiger partial charge < -0.3 is 10.3 Å². The molecule has 4 nitrogen and oxygen atoms in total. The molecule has 2 N–H and O–H groups in total. The second kappa shape index (κ2) is 5.83. The predicted molar refractivity (Wildman–Crippen MR) is 101 cm³/mol. The Hall–Kier alpha value is -2.36. The van der Waals surface area contributed by atoms with Crippen LogP contribution in [0.25, 0.3) is 11.3 Å². The average Bonchev–Trinajstić information content (AvgIpc) is 2.60. The number of carbonyl (C=O) groups is 1. The zero-order valence-corrected chi connectivity index (χ0v) is 14.8. The van der Waals surface area contributed by atoms with E-state index in [1.54, 1.807) is 6.07 Å². The lowest BCUT2D eigenvalue weighted by Gasteiger charge is -2.56. The van der Waals surface area contributed by atoms with E-state index >= 15 is 0 Å². The van der Waals surface area contributed by atoms with E-state index in [1.165, 1.54) is 19.3 Å². The molecule has 0 spiro atoms. The summed E-state index contributed by atoms with van der Waals surface area (Å²) in [5.74, 6) is 2.08. The largest absolute Gasteiger partial charge is 0.346 e. The van der Waals surface area contributed by atoms with Crippen molar-refractivity contribution in [3.63, 3.8) is 0 Å². The maximum absolute atomic E-state index is 12.9. The van der Waals surface area contributed by atoms with Crippen molar-refractivity contribution in [3.8, 4) is 11.3 Å². The van der Waals surface area contributed by atoms with Gasteiger partial charge in [0.05, 0.1) is 0 Å². The number of benzene rings is 1. The minimum Gasteiger partial charge on any atom is -0.346 e. The van der Waals surface area contributed by atoms with E-state index in [1.807, 2.05) is 36.4 Å². The Morgan fingerprint density at radius 1 is 0.923 bits per heavy atom. The van der Waals surface area contributed by atoms with Crippen LogP contribution in [-0.2, 0) is 0 Å². The van der Waals surface area contributed by atoms with E-state index in [0.29, 0.717) is 0 Å². The van der Waals surface area contributed by atoms with Crippen molar-refractivity contribution in [3.05, 3.63) is 58.4 Å². The number of hydrogen-bond donors (Lipinski definition) is 2. The molecule has 26 heavy (non-hydrogen) atoms. The molecule has 6 rings (SSSR count). The van der Waals surface area contributed by atoms with Gasteiger partial charge in [0.15, 0.2) is 0 Å². The third-order valence-corrected chi connectivity index (χ3v) is 6.66. The number of H-pyrrole nitrogens is 1. The maximum atomic E-state index is 12.9. The van der Waals surface area contributed by atoms with Crippen LogP contribution in [0.5, 0.6) is 0 Å². The molecule has 134 valence electrons. The zero-order valence-electron chi connectivity index (χ0n) is 14.8. The van der Waals surface area contributed by atoms with Crippen molar-refractivity contribution < 1.29 is 4.79 Å². The fourth-order valence-electron chi connectivity index (χ4n) is 6.01. The highest BCUT2D eigenvalue weighted by Gasteiger charge is 2.51. The summed E-state index contributed by atoms with van der Waals surface area (Å²) in [6, 6.07) is 13.2. The summed E-state index contributed by atoms with van der Waals surface area (Å²) in [6.45, 7) is 0. The summed E-state index contributed by atoms with van der Waals surface area (Å²) < 4.78 is 0. The summed E-state index contributed by atoms with van der Waals surface area (Å²) in [5.41, 5.74) is 1.52. The van der Waals surface area contributed by atoms with Crippen molar-refractivity contribution >= 4 is 5.91 Å². The van der Waals surface area contributed by atoms with Gasteiger partial charge in [-0.25, -0.2) is 0 Å². The third-order valence-electron chi connectivity index (χ3n) is 6.66. The van der Waals surface area contributed by atoms with Gasteiger partial charge in [-0.3, -0.25) is 9.59 Å². The molecule has 4 aliphatic rings. The zero-order chi connectivity index (χ0) is 17.7. The summed E-state index contributed by atoms with van der Waals surface area (Å²) in [4.78, 5) is 28.3. The molecular formula is C22H24N2O2. The Balaban J connectivity index is 1.39. The second-order valence-corrected chi connectivity index (χ2v) is 8.63. The first kappa shape index (κ1) is 15.9. The summed E-state index contributed by atoms with van der Waals surface area (Å²) in [6.07, 6.45) is 7.27. The van der Waals surface area contributed by atoms with Gasteiger partial charge in [0, 0.05) is 11.2 Å². The monoisotopic (exact) mass is 348 g/mol. The maximum Gasteiger partial charge on any atom is 0.261 e.